The molecule has 0 fully saturated rings. The predicted molar refractivity (Wildman–Crippen MR) is 99.7 cm³/mol. The maximum atomic E-state index is 12.5. The van der Waals surface area contributed by atoms with Gasteiger partial charge < -0.3 is 15.7 Å². The molecule has 7 heteroatoms. The van der Waals surface area contributed by atoms with E-state index in [-0.39, 0.29) is 11.8 Å². The van der Waals surface area contributed by atoms with Crippen molar-refractivity contribution in [2.24, 2.45) is 5.92 Å². The molecule has 3 N–H and O–H groups in total. The Morgan fingerprint density at radius 2 is 1.72 bits per heavy atom. The first kappa shape index (κ1) is 21.0. The van der Waals surface area contributed by atoms with Gasteiger partial charge in [0, 0.05) is 5.56 Å². The zero-order valence-corrected chi connectivity index (χ0v) is 15.6. The number of hydrogen-bond acceptors (Lipinski definition) is 4. The Hall–Kier alpha value is -2.02. The highest BCUT2D eigenvalue weighted by Gasteiger charge is 2.27. The Balaban J connectivity index is 2.80. The lowest BCUT2D eigenvalue weighted by Gasteiger charge is -2.22. The number of hydrogen-bond donors (Lipinski definition) is 3. The van der Waals surface area contributed by atoms with Gasteiger partial charge in [-0.05, 0) is 42.9 Å². The lowest BCUT2D eigenvalue weighted by atomic mass is 10.0. The summed E-state index contributed by atoms with van der Waals surface area (Å²) in [6.45, 7) is 3.79. The van der Waals surface area contributed by atoms with Crippen LogP contribution in [-0.2, 0) is 9.59 Å². The number of carboxylic acids is 1. The number of benzene rings is 1. The number of nitrogens with one attached hydrogen (secondary N) is 2. The Kier molecular flexibility index (Phi) is 9.05. The molecule has 138 valence electrons. The molecule has 0 radical (unpaired) electrons. The summed E-state index contributed by atoms with van der Waals surface area (Å²) in [4.78, 5) is 36.2. The fourth-order valence-electron chi connectivity index (χ4n) is 2.30. The van der Waals surface area contributed by atoms with Gasteiger partial charge in [0.15, 0.2) is 0 Å². The molecule has 2 amide bonds. The first-order valence-electron chi connectivity index (χ1n) is 8.23. The summed E-state index contributed by atoms with van der Waals surface area (Å²) in [6, 6.07) is 6.89. The van der Waals surface area contributed by atoms with E-state index in [2.05, 4.69) is 10.6 Å². The zero-order chi connectivity index (χ0) is 18.8. The lowest BCUT2D eigenvalue weighted by Crippen LogP contribution is -2.52. The van der Waals surface area contributed by atoms with Gasteiger partial charge in [-0.15, -0.1) is 0 Å². The largest absolute Gasteiger partial charge is 0.480 e. The minimum absolute atomic E-state index is 0.130. The van der Waals surface area contributed by atoms with Crippen molar-refractivity contribution in [3.63, 3.8) is 0 Å². The van der Waals surface area contributed by atoms with Crippen LogP contribution in [-0.4, -0.2) is 47.0 Å². The minimum Gasteiger partial charge on any atom is -0.480 e. The molecule has 0 spiro atoms. The fourth-order valence-corrected chi connectivity index (χ4v) is 2.77. The highest BCUT2D eigenvalue weighted by Crippen LogP contribution is 2.08. The molecule has 1 aromatic carbocycles. The molecule has 0 saturated carbocycles. The highest BCUT2D eigenvalue weighted by molar-refractivity contribution is 7.98. The smallest absolute Gasteiger partial charge is 0.326 e. The molecule has 0 aromatic heterocycles. The maximum Gasteiger partial charge on any atom is 0.326 e. The molecule has 0 bridgehead atoms. The van der Waals surface area contributed by atoms with Crippen LogP contribution >= 0.6 is 11.8 Å². The molecule has 0 saturated heterocycles. The number of carboxylic acid groups (broad SMARTS) is 1. The summed E-state index contributed by atoms with van der Waals surface area (Å²) in [6.07, 6.45) is 2.68. The van der Waals surface area contributed by atoms with Crippen LogP contribution in [0, 0.1) is 5.92 Å². The van der Waals surface area contributed by atoms with Gasteiger partial charge in [-0.1, -0.05) is 32.0 Å². The molecular formula is C18H26N2O4S. The van der Waals surface area contributed by atoms with E-state index in [0.717, 1.165) is 0 Å². The second-order valence-corrected chi connectivity index (χ2v) is 7.19. The fraction of sp³-hybridized carbons (Fsp3) is 0.500. The number of rotatable bonds is 10. The van der Waals surface area contributed by atoms with Crippen molar-refractivity contribution >= 4 is 29.5 Å². The second-order valence-electron chi connectivity index (χ2n) is 6.20. The van der Waals surface area contributed by atoms with E-state index >= 15 is 0 Å². The van der Waals surface area contributed by atoms with Gasteiger partial charge in [-0.25, -0.2) is 4.79 Å². The minimum atomic E-state index is -1.07. The third-order valence-electron chi connectivity index (χ3n) is 3.59. The van der Waals surface area contributed by atoms with Crippen LogP contribution < -0.4 is 10.6 Å². The summed E-state index contributed by atoms with van der Waals surface area (Å²) in [5.74, 6) is -1.08. The van der Waals surface area contributed by atoms with E-state index in [1.54, 1.807) is 42.1 Å². The average molecular weight is 366 g/mol. The van der Waals surface area contributed by atoms with E-state index in [9.17, 15) is 19.5 Å². The van der Waals surface area contributed by atoms with Crippen molar-refractivity contribution in [2.75, 3.05) is 12.0 Å². The average Bonchev–Trinajstić information content (AvgIpc) is 2.57. The molecular weight excluding hydrogens is 340 g/mol. The van der Waals surface area contributed by atoms with Gasteiger partial charge in [0.2, 0.25) is 5.91 Å². The SMILES string of the molecule is CSCCC(NC(=O)c1ccccc1)C(=O)N[C@H](CC(C)C)C(=O)O. The molecule has 1 aromatic rings. The highest BCUT2D eigenvalue weighted by atomic mass is 32.2. The van der Waals surface area contributed by atoms with Gasteiger partial charge in [-0.2, -0.15) is 11.8 Å². The van der Waals surface area contributed by atoms with Crippen molar-refractivity contribution in [2.45, 2.75) is 38.8 Å². The third kappa shape index (κ3) is 7.60. The van der Waals surface area contributed by atoms with Crippen molar-refractivity contribution < 1.29 is 19.5 Å². The number of thioether (sulfide) groups is 1. The van der Waals surface area contributed by atoms with Crippen molar-refractivity contribution in [3.05, 3.63) is 35.9 Å². The van der Waals surface area contributed by atoms with E-state index < -0.39 is 24.0 Å². The van der Waals surface area contributed by atoms with Crippen molar-refractivity contribution in [1.29, 1.82) is 0 Å². The number of carbonyl (C=O) groups excluding carboxylic acids is 2. The number of carbonyl (C=O) groups is 3. The summed E-state index contributed by atoms with van der Waals surface area (Å²) < 4.78 is 0. The molecule has 1 unspecified atom stereocenters. The zero-order valence-electron chi connectivity index (χ0n) is 14.8. The van der Waals surface area contributed by atoms with Crippen LogP contribution in [0.25, 0.3) is 0 Å². The van der Waals surface area contributed by atoms with Crippen LogP contribution in [0.2, 0.25) is 0 Å². The van der Waals surface area contributed by atoms with E-state index in [0.29, 0.717) is 24.2 Å². The number of aliphatic carboxylic acids is 1. The van der Waals surface area contributed by atoms with E-state index in [4.69, 9.17) is 0 Å². The van der Waals surface area contributed by atoms with Crippen molar-refractivity contribution in [1.82, 2.24) is 10.6 Å². The first-order chi connectivity index (χ1) is 11.8. The molecule has 0 aliphatic rings. The van der Waals surface area contributed by atoms with Crippen LogP contribution in [0.4, 0.5) is 0 Å². The Labute approximate surface area is 152 Å². The molecule has 2 atom stereocenters. The Morgan fingerprint density at radius 3 is 2.24 bits per heavy atom. The van der Waals surface area contributed by atoms with Crippen LogP contribution in [0.15, 0.2) is 30.3 Å². The number of amides is 2. The molecule has 6 nitrogen and oxygen atoms in total. The van der Waals surface area contributed by atoms with Crippen LogP contribution in [0.5, 0.6) is 0 Å². The molecule has 0 aliphatic heterocycles. The first-order valence-corrected chi connectivity index (χ1v) is 9.62. The second kappa shape index (κ2) is 10.8. The normalized spacial score (nSPS) is 13.1. The summed E-state index contributed by atoms with van der Waals surface area (Å²) in [7, 11) is 0. The van der Waals surface area contributed by atoms with Gasteiger partial charge >= 0.3 is 5.97 Å². The maximum absolute atomic E-state index is 12.5. The van der Waals surface area contributed by atoms with E-state index in [1.165, 1.54) is 0 Å². The van der Waals surface area contributed by atoms with Gasteiger partial charge in [0.05, 0.1) is 0 Å². The van der Waals surface area contributed by atoms with Crippen molar-refractivity contribution in [3.8, 4) is 0 Å². The standard InChI is InChI=1S/C18H26N2O4S/c1-12(2)11-15(18(23)24)20-17(22)14(9-10-25-3)19-16(21)13-7-5-4-6-8-13/h4-8,12,14-15H,9-11H2,1-3H3,(H,19,21)(H,20,22)(H,23,24)/t14?,15-/m1/s1. The summed E-state index contributed by atoms with van der Waals surface area (Å²) >= 11 is 1.56. The van der Waals surface area contributed by atoms with Gasteiger partial charge in [0.1, 0.15) is 12.1 Å². The van der Waals surface area contributed by atoms with Gasteiger partial charge in [0.25, 0.3) is 5.91 Å². The topological polar surface area (TPSA) is 95.5 Å². The van der Waals surface area contributed by atoms with Crippen LogP contribution in [0.3, 0.4) is 0 Å². The Bertz CT molecular complexity index is 578. The quantitative estimate of drug-likeness (QED) is 0.590. The van der Waals surface area contributed by atoms with E-state index in [1.807, 2.05) is 20.1 Å². The lowest BCUT2D eigenvalue weighted by molar-refractivity contribution is -0.142. The van der Waals surface area contributed by atoms with Gasteiger partial charge in [-0.3, -0.25) is 9.59 Å². The monoisotopic (exact) mass is 366 g/mol. The molecule has 25 heavy (non-hydrogen) atoms. The summed E-state index contributed by atoms with van der Waals surface area (Å²) in [5.41, 5.74) is 0.460. The summed E-state index contributed by atoms with van der Waals surface area (Å²) in [5, 5.41) is 14.5. The Morgan fingerprint density at radius 1 is 1.08 bits per heavy atom. The predicted octanol–water partition coefficient (Wildman–Crippen LogP) is 2.15. The molecule has 0 aliphatic carbocycles. The molecule has 1 rings (SSSR count). The van der Waals surface area contributed by atoms with Crippen LogP contribution in [0.1, 0.15) is 37.0 Å². The third-order valence-corrected chi connectivity index (χ3v) is 4.23. The molecule has 0 heterocycles.